The van der Waals surface area contributed by atoms with Crippen molar-refractivity contribution < 1.29 is 28.9 Å². The lowest BCUT2D eigenvalue weighted by molar-refractivity contribution is 0.0696. The minimum Gasteiger partial charge on any atom is -0.482 e. The van der Waals surface area contributed by atoms with Gasteiger partial charge in [0.25, 0.3) is 0 Å². The first-order chi connectivity index (χ1) is 15.9. The number of nitrogens with zero attached hydrogens (tertiary/aromatic N) is 3. The Hall–Kier alpha value is -4.01. The van der Waals surface area contributed by atoms with Gasteiger partial charge in [0, 0.05) is 33.5 Å². The lowest BCUT2D eigenvalue weighted by Gasteiger charge is -2.20. The molecule has 0 aliphatic carbocycles. The molecule has 30 heavy (non-hydrogen) atoms. The van der Waals surface area contributed by atoms with Gasteiger partial charge in [0.15, 0.2) is 17.4 Å². The summed E-state index contributed by atoms with van der Waals surface area (Å²) in [4.78, 5) is 15.4. The second-order valence-electron chi connectivity index (χ2n) is 6.25. The number of hydrogen-bond donors (Lipinski definition) is 2. The summed E-state index contributed by atoms with van der Waals surface area (Å²) in [7, 11) is 0. The zero-order valence-corrected chi connectivity index (χ0v) is 15.1. The standard InChI is InChI=1S/C21H16F2N4O3/c1-11(15-8-12(21(28)29)3-4-17(15)27-6-2-5-25-27)30-18-9-13-7-14(22)10-16(23)19(13)26-20(18)24/h2-11H,1H3,(H2,24,26)(H,28,29)/t11-/m0/s1/i1D3,11D. The molecule has 0 aliphatic rings. The van der Waals surface area contributed by atoms with Gasteiger partial charge in [0.2, 0.25) is 0 Å². The van der Waals surface area contributed by atoms with Gasteiger partial charge >= 0.3 is 5.97 Å². The van der Waals surface area contributed by atoms with E-state index in [-0.39, 0.29) is 27.7 Å². The normalized spacial score (nSPS) is 15.5. The van der Waals surface area contributed by atoms with Crippen LogP contribution in [0.15, 0.2) is 54.9 Å². The number of carboxylic acid groups (broad SMARTS) is 1. The molecule has 0 unspecified atom stereocenters. The molecule has 152 valence electrons. The maximum absolute atomic E-state index is 14.1. The van der Waals surface area contributed by atoms with Crippen molar-refractivity contribution in [2.75, 3.05) is 5.73 Å². The third-order valence-electron chi connectivity index (χ3n) is 4.28. The van der Waals surface area contributed by atoms with Crippen molar-refractivity contribution in [3.05, 3.63) is 77.6 Å². The van der Waals surface area contributed by atoms with Gasteiger partial charge in [0.1, 0.15) is 17.4 Å². The van der Waals surface area contributed by atoms with Crippen LogP contribution in [0, 0.1) is 11.6 Å². The molecule has 1 atom stereocenters. The van der Waals surface area contributed by atoms with Gasteiger partial charge in [-0.2, -0.15) is 5.10 Å². The van der Waals surface area contributed by atoms with E-state index in [4.69, 9.17) is 16.0 Å². The smallest absolute Gasteiger partial charge is 0.335 e. The summed E-state index contributed by atoms with van der Waals surface area (Å²) in [5, 5.41) is 13.4. The molecule has 0 saturated heterocycles. The van der Waals surface area contributed by atoms with Crippen LogP contribution in [-0.4, -0.2) is 25.8 Å². The number of aromatic nitrogens is 3. The number of halogens is 2. The van der Waals surface area contributed by atoms with Gasteiger partial charge in [-0.25, -0.2) is 23.2 Å². The Morgan fingerprint density at radius 2 is 2.17 bits per heavy atom. The summed E-state index contributed by atoms with van der Waals surface area (Å²) >= 11 is 0. The van der Waals surface area contributed by atoms with Gasteiger partial charge in [-0.3, -0.25) is 0 Å². The summed E-state index contributed by atoms with van der Waals surface area (Å²) in [5.74, 6) is -4.15. The summed E-state index contributed by atoms with van der Waals surface area (Å²) < 4.78 is 67.6. The van der Waals surface area contributed by atoms with Crippen LogP contribution < -0.4 is 10.5 Å². The van der Waals surface area contributed by atoms with E-state index < -0.39 is 42.1 Å². The van der Waals surface area contributed by atoms with E-state index in [2.05, 4.69) is 10.1 Å². The molecular weight excluding hydrogens is 394 g/mol. The fourth-order valence-electron chi connectivity index (χ4n) is 2.91. The molecule has 0 radical (unpaired) electrons. The maximum atomic E-state index is 14.1. The van der Waals surface area contributed by atoms with Crippen LogP contribution in [0.25, 0.3) is 16.6 Å². The Morgan fingerprint density at radius 3 is 2.87 bits per heavy atom. The number of ether oxygens (including phenoxy) is 1. The van der Waals surface area contributed by atoms with Gasteiger partial charge in [0.05, 0.1) is 12.6 Å². The van der Waals surface area contributed by atoms with Crippen LogP contribution in [0.2, 0.25) is 0 Å². The van der Waals surface area contributed by atoms with Crippen molar-refractivity contribution in [3.8, 4) is 11.4 Å². The maximum Gasteiger partial charge on any atom is 0.335 e. The van der Waals surface area contributed by atoms with E-state index in [1.165, 1.54) is 29.2 Å². The number of fused-ring (bicyclic) bond motifs is 1. The topological polar surface area (TPSA) is 103 Å². The molecule has 2 aromatic carbocycles. The zero-order valence-electron chi connectivity index (χ0n) is 19.1. The monoisotopic (exact) mass is 414 g/mol. The van der Waals surface area contributed by atoms with Crippen LogP contribution in [0.1, 0.15) is 34.3 Å². The fraction of sp³-hybridized carbons (Fsp3) is 0.0952. The number of rotatable bonds is 5. The van der Waals surface area contributed by atoms with Crippen molar-refractivity contribution in [1.82, 2.24) is 14.8 Å². The van der Waals surface area contributed by atoms with Crippen LogP contribution in [-0.2, 0) is 0 Å². The summed E-state index contributed by atoms with van der Waals surface area (Å²) in [6.07, 6.45) is -0.0448. The van der Waals surface area contributed by atoms with Crippen LogP contribution in [0.4, 0.5) is 14.6 Å². The van der Waals surface area contributed by atoms with Crippen LogP contribution >= 0.6 is 0 Å². The molecule has 0 spiro atoms. The average molecular weight is 414 g/mol. The molecule has 0 saturated carbocycles. The molecule has 2 heterocycles. The summed E-state index contributed by atoms with van der Waals surface area (Å²) in [6.45, 7) is -3.19. The zero-order chi connectivity index (χ0) is 24.8. The molecule has 0 aliphatic heterocycles. The number of aromatic carboxylic acids is 1. The molecule has 0 amide bonds. The molecule has 3 N–H and O–H groups in total. The number of pyridine rings is 1. The number of hydrogen-bond acceptors (Lipinski definition) is 5. The highest BCUT2D eigenvalue weighted by Gasteiger charge is 2.19. The van der Waals surface area contributed by atoms with Gasteiger partial charge < -0.3 is 15.6 Å². The lowest BCUT2D eigenvalue weighted by atomic mass is 10.0. The molecular formula is C21H16F2N4O3. The molecule has 0 bridgehead atoms. The highest BCUT2D eigenvalue weighted by atomic mass is 19.1. The minimum absolute atomic E-state index is 0.0607. The minimum atomic E-state index is -3.19. The average Bonchev–Trinajstić information content (AvgIpc) is 3.28. The fourth-order valence-corrected chi connectivity index (χ4v) is 2.91. The molecule has 0 fully saturated rings. The van der Waals surface area contributed by atoms with E-state index in [1.54, 1.807) is 6.07 Å². The van der Waals surface area contributed by atoms with E-state index in [9.17, 15) is 18.7 Å². The van der Waals surface area contributed by atoms with Gasteiger partial charge in [-0.05, 0) is 43.3 Å². The molecule has 9 heteroatoms. The first-order valence-corrected chi connectivity index (χ1v) is 8.53. The van der Waals surface area contributed by atoms with E-state index in [1.807, 2.05) is 0 Å². The highest BCUT2D eigenvalue weighted by Crippen LogP contribution is 2.33. The van der Waals surface area contributed by atoms with Crippen molar-refractivity contribution in [3.63, 3.8) is 0 Å². The molecule has 4 aromatic rings. The van der Waals surface area contributed by atoms with E-state index >= 15 is 0 Å². The third-order valence-corrected chi connectivity index (χ3v) is 4.28. The number of benzene rings is 2. The quantitative estimate of drug-likeness (QED) is 0.509. The van der Waals surface area contributed by atoms with Crippen molar-refractivity contribution in [2.45, 2.75) is 12.9 Å². The number of nitrogens with two attached hydrogens (primary N) is 1. The number of carbonyl (C=O) groups is 1. The number of carboxylic acids is 1. The molecule has 2 aromatic heterocycles. The number of anilines is 1. The Kier molecular flexibility index (Phi) is 3.69. The van der Waals surface area contributed by atoms with Crippen molar-refractivity contribution in [2.24, 2.45) is 0 Å². The number of nitrogen functional groups attached to an aromatic ring is 1. The molecule has 4 rings (SSSR count). The SMILES string of the molecule is [2H]C([2H])([2H])[C@]([2H])(Oc1cc2cc(F)cc(F)c2nc1N)c1cc(C(=O)O)ccc1-n1cccn1. The van der Waals surface area contributed by atoms with E-state index in [0.717, 1.165) is 18.2 Å². The van der Waals surface area contributed by atoms with E-state index in [0.29, 0.717) is 6.07 Å². The predicted molar refractivity (Wildman–Crippen MR) is 106 cm³/mol. The largest absolute Gasteiger partial charge is 0.482 e. The van der Waals surface area contributed by atoms with Crippen molar-refractivity contribution >= 4 is 22.7 Å². The Labute approximate surface area is 175 Å². The third kappa shape index (κ3) is 3.52. The Morgan fingerprint density at radius 1 is 1.33 bits per heavy atom. The van der Waals surface area contributed by atoms with Crippen LogP contribution in [0.5, 0.6) is 5.75 Å². The first-order valence-electron chi connectivity index (χ1n) is 10.5. The predicted octanol–water partition coefficient (Wildman–Crippen LogP) is 4.12. The lowest BCUT2D eigenvalue weighted by Crippen LogP contribution is -2.12. The first kappa shape index (κ1) is 14.9. The van der Waals surface area contributed by atoms with Crippen molar-refractivity contribution in [1.29, 1.82) is 0 Å². The Balaban J connectivity index is 1.95. The highest BCUT2D eigenvalue weighted by molar-refractivity contribution is 5.88. The van der Waals surface area contributed by atoms with Crippen LogP contribution in [0.3, 0.4) is 0 Å². The summed E-state index contributed by atoms with van der Waals surface area (Å²) in [6, 6.07) is 7.66. The second kappa shape index (κ2) is 7.43. The van der Waals surface area contributed by atoms with Gasteiger partial charge in [-0.15, -0.1) is 0 Å². The second-order valence-corrected chi connectivity index (χ2v) is 6.25. The van der Waals surface area contributed by atoms with Gasteiger partial charge in [-0.1, -0.05) is 0 Å². The summed E-state index contributed by atoms with van der Waals surface area (Å²) in [5.41, 5.74) is 4.98. The Bertz CT molecular complexity index is 1410. The molecule has 7 nitrogen and oxygen atoms in total.